The summed E-state index contributed by atoms with van der Waals surface area (Å²) >= 11 is 18.1. The van der Waals surface area contributed by atoms with Crippen molar-refractivity contribution >= 4 is 50.5 Å². The lowest BCUT2D eigenvalue weighted by Crippen LogP contribution is -2.32. The van der Waals surface area contributed by atoms with Crippen LogP contribution in [0.3, 0.4) is 0 Å². The molecule has 0 radical (unpaired) electrons. The van der Waals surface area contributed by atoms with Gasteiger partial charge in [0.25, 0.3) is 10.0 Å². The Morgan fingerprint density at radius 3 is 2.17 bits per heavy atom. The number of anilines is 1. The summed E-state index contributed by atoms with van der Waals surface area (Å²) in [6.45, 7) is 2.39. The Balaban J connectivity index is 2.48. The number of hydrogen-bond donors (Lipinski definition) is 0. The molecule has 2 aromatic rings. The predicted molar refractivity (Wildman–Crippen MR) is 102 cm³/mol. The van der Waals surface area contributed by atoms with Gasteiger partial charge in [0.05, 0.1) is 15.6 Å². The molecule has 130 valence electrons. The van der Waals surface area contributed by atoms with E-state index in [-0.39, 0.29) is 4.90 Å². The smallest absolute Gasteiger partial charge is 0.264 e. The van der Waals surface area contributed by atoms with Crippen molar-refractivity contribution in [3.05, 3.63) is 57.5 Å². The number of rotatable bonds is 7. The lowest BCUT2D eigenvalue weighted by Gasteiger charge is -2.25. The second-order valence-corrected chi connectivity index (χ2v) is 8.48. The highest BCUT2D eigenvalue weighted by Crippen LogP contribution is 2.33. The maximum Gasteiger partial charge on any atom is 0.264 e. The Bertz CT molecular complexity index is 792. The molecule has 0 saturated carbocycles. The average molecular weight is 407 g/mol. The molecular weight excluding hydrogens is 389 g/mol. The summed E-state index contributed by atoms with van der Waals surface area (Å²) in [6.07, 6.45) is 2.63. The summed E-state index contributed by atoms with van der Waals surface area (Å²) < 4.78 is 27.5. The normalized spacial score (nSPS) is 11.5. The molecule has 0 heterocycles. The zero-order valence-corrected chi connectivity index (χ0v) is 16.3. The number of halogens is 3. The van der Waals surface area contributed by atoms with E-state index in [0.29, 0.717) is 27.3 Å². The highest BCUT2D eigenvalue weighted by atomic mass is 35.5. The lowest BCUT2D eigenvalue weighted by atomic mass is 10.2. The minimum Gasteiger partial charge on any atom is -0.265 e. The number of unbranched alkanes of at least 4 members (excludes halogenated alkanes) is 2. The van der Waals surface area contributed by atoms with Crippen LogP contribution in [-0.2, 0) is 10.0 Å². The largest absolute Gasteiger partial charge is 0.265 e. The Labute approximate surface area is 158 Å². The molecule has 0 amide bonds. The number of nitrogens with zero attached hydrogens (tertiary/aromatic N) is 1. The molecule has 3 nitrogen and oxygen atoms in total. The van der Waals surface area contributed by atoms with Gasteiger partial charge in [0.1, 0.15) is 0 Å². The van der Waals surface area contributed by atoms with Gasteiger partial charge in [-0.05, 0) is 48.9 Å². The van der Waals surface area contributed by atoms with Crippen LogP contribution in [0.4, 0.5) is 5.69 Å². The predicted octanol–water partition coefficient (Wildman–Crippen LogP) is 6.03. The summed E-state index contributed by atoms with van der Waals surface area (Å²) in [5, 5.41) is 1.25. The average Bonchev–Trinajstić information content (AvgIpc) is 2.54. The van der Waals surface area contributed by atoms with Gasteiger partial charge >= 0.3 is 0 Å². The third kappa shape index (κ3) is 4.57. The fourth-order valence-electron chi connectivity index (χ4n) is 2.29. The van der Waals surface area contributed by atoms with Crippen molar-refractivity contribution in [3.63, 3.8) is 0 Å². The van der Waals surface area contributed by atoms with E-state index in [1.807, 2.05) is 0 Å². The molecule has 0 aliphatic heterocycles. The monoisotopic (exact) mass is 405 g/mol. The molecule has 0 spiro atoms. The molecule has 2 aromatic carbocycles. The first-order chi connectivity index (χ1) is 11.4. The lowest BCUT2D eigenvalue weighted by molar-refractivity contribution is 0.587. The standard InChI is InChI=1S/C17H18Cl3NO2S/c1-2-3-4-11-21(17-12-14(19)7-10-16(17)20)24(22,23)15-8-5-13(18)6-9-15/h5-10,12H,2-4,11H2,1H3. The van der Waals surface area contributed by atoms with Crippen LogP contribution < -0.4 is 4.31 Å². The Morgan fingerprint density at radius 1 is 0.917 bits per heavy atom. The quantitative estimate of drug-likeness (QED) is 0.526. The molecule has 0 bridgehead atoms. The molecular formula is C17H18Cl3NO2S. The molecule has 0 aromatic heterocycles. The maximum absolute atomic E-state index is 13.1. The molecule has 7 heteroatoms. The molecule has 0 aliphatic rings. The van der Waals surface area contributed by atoms with Gasteiger partial charge in [-0.2, -0.15) is 0 Å². The van der Waals surface area contributed by atoms with Crippen molar-refractivity contribution in [2.24, 2.45) is 0 Å². The van der Waals surface area contributed by atoms with Crippen molar-refractivity contribution in [3.8, 4) is 0 Å². The third-order valence-electron chi connectivity index (χ3n) is 3.54. The van der Waals surface area contributed by atoms with E-state index >= 15 is 0 Å². The maximum atomic E-state index is 13.1. The number of hydrogen-bond acceptors (Lipinski definition) is 2. The van der Waals surface area contributed by atoms with Crippen LogP contribution in [0.2, 0.25) is 15.1 Å². The van der Waals surface area contributed by atoms with Crippen molar-refractivity contribution in [1.29, 1.82) is 0 Å². The number of sulfonamides is 1. The van der Waals surface area contributed by atoms with Crippen LogP contribution >= 0.6 is 34.8 Å². The Hall–Kier alpha value is -0.940. The van der Waals surface area contributed by atoms with Gasteiger partial charge in [-0.25, -0.2) is 8.42 Å². The summed E-state index contributed by atoms with van der Waals surface area (Å²) in [4.78, 5) is 0.166. The molecule has 0 atom stereocenters. The first-order valence-electron chi connectivity index (χ1n) is 7.59. The molecule has 0 N–H and O–H groups in total. The molecule has 0 aliphatic carbocycles. The van der Waals surface area contributed by atoms with Gasteiger partial charge in [0.15, 0.2) is 0 Å². The highest BCUT2D eigenvalue weighted by molar-refractivity contribution is 7.92. The second kappa shape index (κ2) is 8.43. The van der Waals surface area contributed by atoms with Gasteiger partial charge in [-0.15, -0.1) is 0 Å². The summed E-state index contributed by atoms with van der Waals surface area (Å²) in [6, 6.07) is 10.9. The SMILES string of the molecule is CCCCCN(c1cc(Cl)ccc1Cl)S(=O)(=O)c1ccc(Cl)cc1. The van der Waals surface area contributed by atoms with E-state index in [1.165, 1.54) is 16.4 Å². The fraction of sp³-hybridized carbons (Fsp3) is 0.294. The Kier molecular flexibility index (Phi) is 6.81. The molecule has 0 saturated heterocycles. The van der Waals surface area contributed by atoms with E-state index < -0.39 is 10.0 Å². The first-order valence-corrected chi connectivity index (χ1v) is 10.2. The fourth-order valence-corrected chi connectivity index (χ4v) is 4.36. The minimum absolute atomic E-state index is 0.166. The van der Waals surface area contributed by atoms with Gasteiger partial charge in [-0.1, -0.05) is 54.6 Å². The van der Waals surface area contributed by atoms with Crippen molar-refractivity contribution < 1.29 is 8.42 Å². The zero-order valence-electron chi connectivity index (χ0n) is 13.2. The zero-order chi connectivity index (χ0) is 17.7. The Morgan fingerprint density at radius 2 is 1.54 bits per heavy atom. The van der Waals surface area contributed by atoms with Gasteiger partial charge < -0.3 is 0 Å². The van der Waals surface area contributed by atoms with Crippen LogP contribution in [0.15, 0.2) is 47.4 Å². The van der Waals surface area contributed by atoms with E-state index in [0.717, 1.165) is 19.3 Å². The van der Waals surface area contributed by atoms with Gasteiger partial charge in [-0.3, -0.25) is 4.31 Å². The summed E-state index contributed by atoms with van der Waals surface area (Å²) in [7, 11) is -3.76. The van der Waals surface area contributed by atoms with E-state index in [1.54, 1.807) is 30.3 Å². The third-order valence-corrected chi connectivity index (χ3v) is 6.18. The topological polar surface area (TPSA) is 37.4 Å². The van der Waals surface area contributed by atoms with Crippen LogP contribution in [-0.4, -0.2) is 15.0 Å². The van der Waals surface area contributed by atoms with Gasteiger partial charge in [0.2, 0.25) is 0 Å². The van der Waals surface area contributed by atoms with Gasteiger partial charge in [0, 0.05) is 16.6 Å². The minimum atomic E-state index is -3.76. The van der Waals surface area contributed by atoms with E-state index in [4.69, 9.17) is 34.8 Å². The van der Waals surface area contributed by atoms with Crippen molar-refractivity contribution in [2.75, 3.05) is 10.8 Å². The summed E-state index contributed by atoms with van der Waals surface area (Å²) in [5.41, 5.74) is 0.384. The van der Waals surface area contributed by atoms with E-state index in [9.17, 15) is 8.42 Å². The van der Waals surface area contributed by atoms with Crippen LogP contribution in [0, 0.1) is 0 Å². The first kappa shape index (κ1) is 19.4. The molecule has 24 heavy (non-hydrogen) atoms. The molecule has 2 rings (SSSR count). The van der Waals surface area contributed by atoms with E-state index in [2.05, 4.69) is 6.92 Å². The number of benzene rings is 2. The van der Waals surface area contributed by atoms with Crippen molar-refractivity contribution in [1.82, 2.24) is 0 Å². The van der Waals surface area contributed by atoms with Crippen molar-refractivity contribution in [2.45, 2.75) is 31.1 Å². The molecule has 0 fully saturated rings. The molecule has 0 unspecified atom stereocenters. The van der Waals surface area contributed by atoms with Crippen LogP contribution in [0.5, 0.6) is 0 Å². The van der Waals surface area contributed by atoms with Crippen LogP contribution in [0.25, 0.3) is 0 Å². The second-order valence-electron chi connectivity index (χ2n) is 5.33. The highest BCUT2D eigenvalue weighted by Gasteiger charge is 2.26. The van der Waals surface area contributed by atoms with Crippen LogP contribution in [0.1, 0.15) is 26.2 Å². The summed E-state index contributed by atoms with van der Waals surface area (Å²) in [5.74, 6) is 0.